The number of nitrogens with two attached hydrogens (primary N) is 1. The summed E-state index contributed by atoms with van der Waals surface area (Å²) in [5.74, 6) is 1.76. The fourth-order valence-electron chi connectivity index (χ4n) is 2.06. The first-order valence-corrected chi connectivity index (χ1v) is 5.35. The van der Waals surface area contributed by atoms with Crippen molar-refractivity contribution in [2.75, 3.05) is 6.79 Å². The van der Waals surface area contributed by atoms with Crippen LogP contribution in [0.25, 0.3) is 0 Å². The van der Waals surface area contributed by atoms with Crippen LogP contribution in [0.5, 0.6) is 11.5 Å². The normalized spacial score (nSPS) is 20.4. The maximum atomic E-state index is 6.12. The van der Waals surface area contributed by atoms with Crippen LogP contribution in [-0.2, 0) is 6.42 Å². The van der Waals surface area contributed by atoms with E-state index in [4.69, 9.17) is 15.2 Å². The Hall–Kier alpha value is -1.22. The molecule has 1 heterocycles. The molecule has 1 aliphatic heterocycles. The maximum Gasteiger partial charge on any atom is 0.231 e. The predicted molar refractivity (Wildman–Crippen MR) is 57.2 cm³/mol. The molecule has 0 atom stereocenters. The summed E-state index contributed by atoms with van der Waals surface area (Å²) in [6.45, 7) is 2.42. The lowest BCUT2D eigenvalue weighted by molar-refractivity contribution is 0.173. The summed E-state index contributed by atoms with van der Waals surface area (Å²) < 4.78 is 10.8. The van der Waals surface area contributed by atoms with E-state index in [0.29, 0.717) is 6.79 Å². The minimum Gasteiger partial charge on any atom is -0.454 e. The maximum absolute atomic E-state index is 6.12. The lowest BCUT2D eigenvalue weighted by Crippen LogP contribution is -2.24. The van der Waals surface area contributed by atoms with Crippen LogP contribution in [0.15, 0.2) is 12.1 Å². The molecule has 0 spiro atoms. The fraction of sp³-hybridized carbons (Fsp3) is 0.500. The van der Waals surface area contributed by atoms with Gasteiger partial charge in [0.15, 0.2) is 11.5 Å². The number of rotatable bonds is 2. The zero-order valence-electron chi connectivity index (χ0n) is 8.88. The molecule has 2 aliphatic rings. The van der Waals surface area contributed by atoms with Crippen LogP contribution in [0, 0.1) is 6.92 Å². The first-order chi connectivity index (χ1) is 7.18. The van der Waals surface area contributed by atoms with Crippen molar-refractivity contribution < 1.29 is 9.47 Å². The quantitative estimate of drug-likeness (QED) is 0.800. The van der Waals surface area contributed by atoms with Gasteiger partial charge in [0.2, 0.25) is 6.79 Å². The zero-order chi connectivity index (χ0) is 10.5. The highest BCUT2D eigenvalue weighted by atomic mass is 16.7. The Balaban J connectivity index is 1.95. The van der Waals surface area contributed by atoms with Crippen LogP contribution in [0.3, 0.4) is 0 Å². The van der Waals surface area contributed by atoms with Gasteiger partial charge in [-0.15, -0.1) is 0 Å². The van der Waals surface area contributed by atoms with Crippen molar-refractivity contribution in [1.29, 1.82) is 0 Å². The van der Waals surface area contributed by atoms with Crippen molar-refractivity contribution in [2.24, 2.45) is 5.73 Å². The Labute approximate surface area is 89.2 Å². The molecule has 0 radical (unpaired) electrons. The van der Waals surface area contributed by atoms with Gasteiger partial charge in [0.05, 0.1) is 0 Å². The van der Waals surface area contributed by atoms with E-state index in [9.17, 15) is 0 Å². The van der Waals surface area contributed by atoms with Gasteiger partial charge in [-0.05, 0) is 43.4 Å². The average Bonchev–Trinajstić information content (AvgIpc) is 2.78. The van der Waals surface area contributed by atoms with Crippen molar-refractivity contribution in [3.63, 3.8) is 0 Å². The van der Waals surface area contributed by atoms with E-state index in [1.807, 2.05) is 6.07 Å². The molecule has 1 aliphatic carbocycles. The van der Waals surface area contributed by atoms with E-state index in [0.717, 1.165) is 30.8 Å². The molecule has 0 aromatic heterocycles. The minimum atomic E-state index is 0.0540. The van der Waals surface area contributed by atoms with Crippen molar-refractivity contribution in [1.82, 2.24) is 0 Å². The Kier molecular flexibility index (Phi) is 1.74. The van der Waals surface area contributed by atoms with Gasteiger partial charge >= 0.3 is 0 Å². The lowest BCUT2D eigenvalue weighted by Gasteiger charge is -2.12. The zero-order valence-corrected chi connectivity index (χ0v) is 8.88. The number of fused-ring (bicyclic) bond motifs is 1. The first kappa shape index (κ1) is 9.04. The third-order valence-electron chi connectivity index (χ3n) is 3.33. The summed E-state index contributed by atoms with van der Waals surface area (Å²) in [6.07, 6.45) is 3.23. The van der Waals surface area contributed by atoms with Crippen LogP contribution < -0.4 is 15.2 Å². The summed E-state index contributed by atoms with van der Waals surface area (Å²) >= 11 is 0. The molecule has 0 amide bonds. The molecule has 0 saturated heterocycles. The molecular formula is C12H15NO2. The third-order valence-corrected chi connectivity index (χ3v) is 3.33. The first-order valence-electron chi connectivity index (χ1n) is 5.35. The SMILES string of the molecule is Cc1c(CC2(N)CC2)ccc2c1OCO2. The number of hydrogen-bond acceptors (Lipinski definition) is 3. The Morgan fingerprint density at radius 2 is 2.13 bits per heavy atom. The van der Waals surface area contributed by atoms with Gasteiger partial charge in [-0.25, -0.2) is 0 Å². The molecular weight excluding hydrogens is 190 g/mol. The summed E-state index contributed by atoms with van der Waals surface area (Å²) in [5, 5.41) is 0. The average molecular weight is 205 g/mol. The second-order valence-corrected chi connectivity index (χ2v) is 4.62. The molecule has 3 rings (SSSR count). The fourth-order valence-corrected chi connectivity index (χ4v) is 2.06. The summed E-state index contributed by atoms with van der Waals surface area (Å²) in [6, 6.07) is 4.09. The van der Waals surface area contributed by atoms with E-state index >= 15 is 0 Å². The van der Waals surface area contributed by atoms with Crippen LogP contribution in [0.2, 0.25) is 0 Å². The van der Waals surface area contributed by atoms with Gasteiger partial charge in [0, 0.05) is 5.54 Å². The standard InChI is InChI=1S/C12H15NO2/c1-8-9(6-12(13)4-5-12)2-3-10-11(8)15-7-14-10/h2-3H,4-7,13H2,1H3. The molecule has 15 heavy (non-hydrogen) atoms. The van der Waals surface area contributed by atoms with Crippen molar-refractivity contribution in [3.05, 3.63) is 23.3 Å². The second kappa shape index (κ2) is 2.89. The molecule has 1 aromatic rings. The van der Waals surface area contributed by atoms with E-state index < -0.39 is 0 Å². The van der Waals surface area contributed by atoms with E-state index in [2.05, 4.69) is 13.0 Å². The summed E-state index contributed by atoms with van der Waals surface area (Å²) in [4.78, 5) is 0. The van der Waals surface area contributed by atoms with E-state index in [-0.39, 0.29) is 5.54 Å². The highest BCUT2D eigenvalue weighted by Crippen LogP contribution is 2.41. The number of benzene rings is 1. The molecule has 3 nitrogen and oxygen atoms in total. The number of hydrogen-bond donors (Lipinski definition) is 1. The highest BCUT2D eigenvalue weighted by molar-refractivity contribution is 5.52. The second-order valence-electron chi connectivity index (χ2n) is 4.62. The third kappa shape index (κ3) is 1.47. The Bertz CT molecular complexity index is 410. The van der Waals surface area contributed by atoms with Crippen molar-refractivity contribution in [2.45, 2.75) is 31.7 Å². The topological polar surface area (TPSA) is 44.5 Å². The van der Waals surface area contributed by atoms with Gasteiger partial charge in [0.25, 0.3) is 0 Å². The molecule has 0 bridgehead atoms. The monoisotopic (exact) mass is 205 g/mol. The van der Waals surface area contributed by atoms with Gasteiger partial charge in [-0.2, -0.15) is 0 Å². The van der Waals surface area contributed by atoms with Gasteiger partial charge < -0.3 is 15.2 Å². The van der Waals surface area contributed by atoms with Gasteiger partial charge in [0.1, 0.15) is 0 Å². The molecule has 2 N–H and O–H groups in total. The molecule has 1 aromatic carbocycles. The molecule has 1 fully saturated rings. The predicted octanol–water partition coefficient (Wildman–Crippen LogP) is 1.76. The van der Waals surface area contributed by atoms with Crippen LogP contribution >= 0.6 is 0 Å². The molecule has 80 valence electrons. The van der Waals surface area contributed by atoms with Crippen LogP contribution in [-0.4, -0.2) is 12.3 Å². The van der Waals surface area contributed by atoms with E-state index in [1.54, 1.807) is 0 Å². The smallest absolute Gasteiger partial charge is 0.231 e. The largest absolute Gasteiger partial charge is 0.454 e. The van der Waals surface area contributed by atoms with E-state index in [1.165, 1.54) is 11.1 Å². The van der Waals surface area contributed by atoms with Crippen molar-refractivity contribution in [3.8, 4) is 11.5 Å². The Morgan fingerprint density at radius 1 is 1.33 bits per heavy atom. The van der Waals surface area contributed by atoms with Gasteiger partial charge in [-0.3, -0.25) is 0 Å². The summed E-state index contributed by atoms with van der Waals surface area (Å²) in [7, 11) is 0. The molecule has 3 heteroatoms. The van der Waals surface area contributed by atoms with Crippen molar-refractivity contribution >= 4 is 0 Å². The minimum absolute atomic E-state index is 0.0540. The molecule has 0 unspecified atom stereocenters. The summed E-state index contributed by atoms with van der Waals surface area (Å²) in [5.41, 5.74) is 8.65. The highest BCUT2D eigenvalue weighted by Gasteiger charge is 2.38. The van der Waals surface area contributed by atoms with Crippen LogP contribution in [0.4, 0.5) is 0 Å². The number of ether oxygens (including phenoxy) is 2. The van der Waals surface area contributed by atoms with Gasteiger partial charge in [-0.1, -0.05) is 6.07 Å². The van der Waals surface area contributed by atoms with Crippen LogP contribution in [0.1, 0.15) is 24.0 Å². The Morgan fingerprint density at radius 3 is 2.87 bits per heavy atom. The molecule has 1 saturated carbocycles. The lowest BCUT2D eigenvalue weighted by atomic mass is 9.99.